The van der Waals surface area contributed by atoms with Crippen molar-refractivity contribution >= 4 is 34.0 Å². The molecule has 2 aromatic carbocycles. The summed E-state index contributed by atoms with van der Waals surface area (Å²) >= 11 is 0. The van der Waals surface area contributed by atoms with Crippen LogP contribution in [-0.4, -0.2) is 23.2 Å². The van der Waals surface area contributed by atoms with Crippen LogP contribution < -0.4 is 15.6 Å². The molecule has 4 rings (SSSR count). The Morgan fingerprint density at radius 3 is 2.90 bits per heavy atom. The van der Waals surface area contributed by atoms with Crippen LogP contribution in [0.15, 0.2) is 81.4 Å². The topological polar surface area (TPSA) is 93.8 Å². The molecule has 0 bridgehead atoms. The molecule has 1 N–H and O–H groups in total. The Kier molecular flexibility index (Phi) is 5.03. The van der Waals surface area contributed by atoms with Crippen LogP contribution in [0, 0.1) is 0 Å². The number of ether oxygens (including phenoxy) is 1. The SMILES string of the molecule is C[C@H](Oc1cccc2cccnc12)C(=O)N/N=C\c1coc2ccccc2c1=O. The highest BCUT2D eigenvalue weighted by atomic mass is 16.5. The average Bonchev–Trinajstić information content (AvgIpc) is 2.75. The summed E-state index contributed by atoms with van der Waals surface area (Å²) in [5.74, 6) is 0.0456. The van der Waals surface area contributed by atoms with Crippen LogP contribution in [0.3, 0.4) is 0 Å². The molecule has 4 aromatic rings. The highest BCUT2D eigenvalue weighted by molar-refractivity contribution is 5.88. The lowest BCUT2D eigenvalue weighted by Gasteiger charge is -2.14. The van der Waals surface area contributed by atoms with Gasteiger partial charge in [-0.3, -0.25) is 14.6 Å². The standard InChI is InChI=1S/C22H17N3O4/c1-14(29-19-10-4-6-15-7-5-11-23-20(15)19)22(27)25-24-12-16-13-28-18-9-3-2-8-17(18)21(16)26/h2-14H,1H3,(H,25,27)/b24-12-/t14-/m0/s1. The van der Waals surface area contributed by atoms with Crippen molar-refractivity contribution in [2.45, 2.75) is 13.0 Å². The van der Waals surface area contributed by atoms with E-state index in [0.29, 0.717) is 22.2 Å². The third-order valence-corrected chi connectivity index (χ3v) is 4.35. The number of nitrogens with zero attached hydrogens (tertiary/aromatic N) is 2. The number of hydrogen-bond donors (Lipinski definition) is 1. The van der Waals surface area contributed by atoms with Crippen molar-refractivity contribution in [2.75, 3.05) is 0 Å². The minimum Gasteiger partial charge on any atom is -0.479 e. The maximum atomic E-state index is 12.4. The summed E-state index contributed by atoms with van der Waals surface area (Å²) in [7, 11) is 0. The second-order valence-electron chi connectivity index (χ2n) is 6.34. The second-order valence-corrected chi connectivity index (χ2v) is 6.34. The number of rotatable bonds is 5. The molecule has 0 aliphatic rings. The summed E-state index contributed by atoms with van der Waals surface area (Å²) < 4.78 is 11.2. The normalized spacial score (nSPS) is 12.3. The van der Waals surface area contributed by atoms with Crippen LogP contribution in [-0.2, 0) is 4.79 Å². The fourth-order valence-electron chi connectivity index (χ4n) is 2.85. The molecule has 2 heterocycles. The van der Waals surface area contributed by atoms with Crippen molar-refractivity contribution in [1.82, 2.24) is 10.4 Å². The van der Waals surface area contributed by atoms with Gasteiger partial charge in [0.1, 0.15) is 23.1 Å². The molecule has 0 spiro atoms. The fraction of sp³-hybridized carbons (Fsp3) is 0.0909. The summed E-state index contributed by atoms with van der Waals surface area (Å²) in [6.07, 6.45) is 3.41. The summed E-state index contributed by atoms with van der Waals surface area (Å²) in [4.78, 5) is 29.0. The van der Waals surface area contributed by atoms with E-state index in [9.17, 15) is 9.59 Å². The van der Waals surface area contributed by atoms with Crippen molar-refractivity contribution in [3.8, 4) is 5.75 Å². The molecule has 0 saturated heterocycles. The van der Waals surface area contributed by atoms with Crippen LogP contribution in [0.5, 0.6) is 5.75 Å². The van der Waals surface area contributed by atoms with Crippen LogP contribution in [0.1, 0.15) is 12.5 Å². The number of fused-ring (bicyclic) bond motifs is 2. The van der Waals surface area contributed by atoms with Crippen LogP contribution in [0.25, 0.3) is 21.9 Å². The quantitative estimate of drug-likeness (QED) is 0.419. The van der Waals surface area contributed by atoms with E-state index in [-0.39, 0.29) is 11.0 Å². The van der Waals surface area contributed by atoms with Gasteiger partial charge in [0.15, 0.2) is 6.10 Å². The first kappa shape index (κ1) is 18.4. The minimum absolute atomic E-state index is 0.226. The molecule has 144 valence electrons. The maximum Gasteiger partial charge on any atom is 0.280 e. The number of carbonyl (C=O) groups excluding carboxylic acids is 1. The Hall–Kier alpha value is -4.00. The fourth-order valence-corrected chi connectivity index (χ4v) is 2.85. The predicted molar refractivity (Wildman–Crippen MR) is 110 cm³/mol. The molecule has 0 fully saturated rings. The number of para-hydroxylation sites is 2. The van der Waals surface area contributed by atoms with E-state index in [2.05, 4.69) is 15.5 Å². The molecule has 1 amide bonds. The number of pyridine rings is 1. The van der Waals surface area contributed by atoms with Gasteiger partial charge in [0.25, 0.3) is 5.91 Å². The maximum absolute atomic E-state index is 12.4. The van der Waals surface area contributed by atoms with E-state index in [0.717, 1.165) is 5.39 Å². The Morgan fingerprint density at radius 1 is 1.17 bits per heavy atom. The van der Waals surface area contributed by atoms with Crippen molar-refractivity contribution in [3.63, 3.8) is 0 Å². The van der Waals surface area contributed by atoms with Crippen molar-refractivity contribution < 1.29 is 13.9 Å². The molecule has 0 radical (unpaired) electrons. The van der Waals surface area contributed by atoms with Gasteiger partial charge >= 0.3 is 0 Å². The molecule has 0 aliphatic heterocycles. The summed E-state index contributed by atoms with van der Waals surface area (Å²) in [6.45, 7) is 1.61. The van der Waals surface area contributed by atoms with E-state index >= 15 is 0 Å². The van der Waals surface area contributed by atoms with E-state index in [1.54, 1.807) is 43.5 Å². The Balaban J connectivity index is 1.45. The first-order valence-corrected chi connectivity index (χ1v) is 8.97. The van der Waals surface area contributed by atoms with Gasteiger partial charge in [0.2, 0.25) is 5.43 Å². The van der Waals surface area contributed by atoms with E-state index in [4.69, 9.17) is 9.15 Å². The van der Waals surface area contributed by atoms with Gasteiger partial charge in [0.05, 0.1) is 17.2 Å². The Bertz CT molecular complexity index is 1270. The Labute approximate surface area is 165 Å². The number of benzene rings is 2. The van der Waals surface area contributed by atoms with Gasteiger partial charge in [-0.05, 0) is 31.2 Å². The first-order chi connectivity index (χ1) is 14.1. The largest absolute Gasteiger partial charge is 0.479 e. The van der Waals surface area contributed by atoms with Crippen molar-refractivity contribution in [1.29, 1.82) is 0 Å². The minimum atomic E-state index is -0.812. The molecular weight excluding hydrogens is 370 g/mol. The molecule has 0 unspecified atom stereocenters. The third-order valence-electron chi connectivity index (χ3n) is 4.35. The summed E-state index contributed by atoms with van der Waals surface area (Å²) in [6, 6.07) is 16.2. The van der Waals surface area contributed by atoms with E-state index < -0.39 is 12.0 Å². The zero-order valence-corrected chi connectivity index (χ0v) is 15.5. The third kappa shape index (κ3) is 3.84. The zero-order valence-electron chi connectivity index (χ0n) is 15.5. The number of nitrogens with one attached hydrogen (secondary N) is 1. The lowest BCUT2D eigenvalue weighted by molar-refractivity contribution is -0.127. The highest BCUT2D eigenvalue weighted by Gasteiger charge is 2.16. The lowest BCUT2D eigenvalue weighted by atomic mass is 10.2. The molecule has 0 saturated carbocycles. The summed E-state index contributed by atoms with van der Waals surface area (Å²) in [5.41, 5.74) is 3.55. The second kappa shape index (κ2) is 7.93. The van der Waals surface area contributed by atoms with Crippen molar-refractivity contribution in [2.24, 2.45) is 5.10 Å². The smallest absolute Gasteiger partial charge is 0.280 e. The number of amides is 1. The van der Waals surface area contributed by atoms with E-state index in [1.165, 1.54) is 12.5 Å². The first-order valence-electron chi connectivity index (χ1n) is 8.97. The van der Waals surface area contributed by atoms with Crippen LogP contribution in [0.2, 0.25) is 0 Å². The van der Waals surface area contributed by atoms with Crippen LogP contribution >= 0.6 is 0 Å². The van der Waals surface area contributed by atoms with Gasteiger partial charge in [0, 0.05) is 11.6 Å². The molecule has 2 aromatic heterocycles. The number of hydrogen-bond acceptors (Lipinski definition) is 6. The van der Waals surface area contributed by atoms with Gasteiger partial charge in [-0.25, -0.2) is 5.43 Å². The molecular formula is C22H17N3O4. The van der Waals surface area contributed by atoms with Gasteiger partial charge in [-0.15, -0.1) is 0 Å². The van der Waals surface area contributed by atoms with E-state index in [1.807, 2.05) is 24.3 Å². The van der Waals surface area contributed by atoms with Crippen molar-refractivity contribution in [3.05, 3.63) is 82.8 Å². The zero-order chi connectivity index (χ0) is 20.2. The molecule has 1 atom stereocenters. The van der Waals surface area contributed by atoms with Gasteiger partial charge in [-0.2, -0.15) is 5.10 Å². The lowest BCUT2D eigenvalue weighted by Crippen LogP contribution is -2.33. The number of hydrazone groups is 1. The average molecular weight is 387 g/mol. The highest BCUT2D eigenvalue weighted by Crippen LogP contribution is 2.23. The molecule has 29 heavy (non-hydrogen) atoms. The monoisotopic (exact) mass is 387 g/mol. The number of carbonyl (C=O) groups is 1. The predicted octanol–water partition coefficient (Wildman–Crippen LogP) is 3.26. The summed E-state index contributed by atoms with van der Waals surface area (Å²) in [5, 5.41) is 5.22. The molecule has 7 heteroatoms. The molecule has 7 nitrogen and oxygen atoms in total. The molecule has 0 aliphatic carbocycles. The van der Waals surface area contributed by atoms with Gasteiger partial charge in [-0.1, -0.05) is 30.3 Å². The van der Waals surface area contributed by atoms with Gasteiger partial charge < -0.3 is 9.15 Å². The number of aromatic nitrogens is 1. The Morgan fingerprint density at radius 2 is 2.00 bits per heavy atom. The van der Waals surface area contributed by atoms with Crippen LogP contribution in [0.4, 0.5) is 0 Å².